The summed E-state index contributed by atoms with van der Waals surface area (Å²) in [5, 5.41) is 0.677. The molecule has 0 amide bonds. The second-order valence-corrected chi connectivity index (χ2v) is 8.08. The number of thioether (sulfide) groups is 1. The molecule has 0 radical (unpaired) electrons. The van der Waals surface area contributed by atoms with Crippen molar-refractivity contribution in [1.29, 1.82) is 0 Å². The minimum Gasteiger partial charge on any atom is -0.329 e. The topological polar surface area (TPSA) is 29.3 Å². The Morgan fingerprint density at radius 2 is 2.00 bits per heavy atom. The Hall–Kier alpha value is 0.270. The molecule has 0 aromatic rings. The van der Waals surface area contributed by atoms with E-state index in [4.69, 9.17) is 5.73 Å². The van der Waals surface area contributed by atoms with Crippen molar-refractivity contribution in [3.05, 3.63) is 0 Å². The first-order chi connectivity index (χ1) is 8.51. The van der Waals surface area contributed by atoms with Crippen LogP contribution < -0.4 is 5.73 Å². The second-order valence-electron chi connectivity index (χ2n) is 6.64. The van der Waals surface area contributed by atoms with E-state index in [-0.39, 0.29) is 5.54 Å². The van der Waals surface area contributed by atoms with Gasteiger partial charge in [0, 0.05) is 29.9 Å². The van der Waals surface area contributed by atoms with E-state index in [1.165, 1.54) is 31.6 Å². The highest BCUT2D eigenvalue weighted by molar-refractivity contribution is 8.00. The monoisotopic (exact) mass is 270 g/mol. The van der Waals surface area contributed by atoms with Crippen LogP contribution in [-0.4, -0.2) is 40.6 Å². The van der Waals surface area contributed by atoms with E-state index in [9.17, 15) is 0 Å². The first-order valence-corrected chi connectivity index (χ1v) is 8.64. The molecule has 2 heterocycles. The number of hydrogen-bond acceptors (Lipinski definition) is 3. The van der Waals surface area contributed by atoms with E-state index in [0.717, 1.165) is 18.4 Å². The molecule has 0 aromatic heterocycles. The SMILES string of the molecule is CC1CC(C)C(C)N(C2(CN)CCCSC2C)C1. The van der Waals surface area contributed by atoms with Crippen LogP contribution in [0.3, 0.4) is 0 Å². The van der Waals surface area contributed by atoms with E-state index in [2.05, 4.69) is 44.4 Å². The standard InChI is InChI=1S/C15H30N2S/c1-11-8-12(2)13(3)17(9-11)15(10-16)6-5-7-18-14(15)4/h11-14H,5-10,16H2,1-4H3. The maximum absolute atomic E-state index is 6.26. The molecule has 3 heteroatoms. The van der Waals surface area contributed by atoms with Crippen molar-refractivity contribution < 1.29 is 0 Å². The highest BCUT2D eigenvalue weighted by atomic mass is 32.2. The Balaban J connectivity index is 2.24. The maximum atomic E-state index is 6.26. The van der Waals surface area contributed by atoms with Crippen molar-refractivity contribution in [2.75, 3.05) is 18.8 Å². The first-order valence-electron chi connectivity index (χ1n) is 7.59. The highest BCUT2D eigenvalue weighted by Gasteiger charge is 2.47. The molecule has 0 saturated carbocycles. The molecule has 2 nitrogen and oxygen atoms in total. The molecule has 0 bridgehead atoms. The number of hydrogen-bond donors (Lipinski definition) is 1. The lowest BCUT2D eigenvalue weighted by atomic mass is 9.78. The number of nitrogens with zero attached hydrogens (tertiary/aromatic N) is 1. The molecule has 0 aromatic carbocycles. The minimum absolute atomic E-state index is 0.255. The van der Waals surface area contributed by atoms with Crippen LogP contribution >= 0.6 is 11.8 Å². The van der Waals surface area contributed by atoms with Crippen LogP contribution in [0.15, 0.2) is 0 Å². The fraction of sp³-hybridized carbons (Fsp3) is 1.00. The fourth-order valence-corrected chi connectivity index (χ4v) is 5.39. The molecule has 2 N–H and O–H groups in total. The molecule has 106 valence electrons. The summed E-state index contributed by atoms with van der Waals surface area (Å²) in [4.78, 5) is 2.78. The van der Waals surface area contributed by atoms with Crippen LogP contribution in [0.2, 0.25) is 0 Å². The molecule has 18 heavy (non-hydrogen) atoms. The summed E-state index contributed by atoms with van der Waals surface area (Å²) in [7, 11) is 0. The van der Waals surface area contributed by atoms with Crippen LogP contribution in [0.1, 0.15) is 47.0 Å². The number of nitrogens with two attached hydrogens (primary N) is 1. The summed E-state index contributed by atoms with van der Waals surface area (Å²) >= 11 is 2.13. The number of rotatable bonds is 2. The first kappa shape index (κ1) is 14.7. The zero-order chi connectivity index (χ0) is 13.3. The predicted octanol–water partition coefficient (Wildman–Crippen LogP) is 2.97. The van der Waals surface area contributed by atoms with Gasteiger partial charge in [-0.25, -0.2) is 0 Å². The lowest BCUT2D eigenvalue weighted by molar-refractivity contribution is -0.0217. The lowest BCUT2D eigenvalue weighted by Gasteiger charge is -2.56. The smallest absolute Gasteiger partial charge is 0.0450 e. The van der Waals surface area contributed by atoms with Crippen LogP contribution in [-0.2, 0) is 0 Å². The molecule has 5 unspecified atom stereocenters. The summed E-state index contributed by atoms with van der Waals surface area (Å²) in [5.41, 5.74) is 6.51. The van der Waals surface area contributed by atoms with E-state index < -0.39 is 0 Å². The fourth-order valence-electron chi connectivity index (χ4n) is 4.06. The Kier molecular flexibility index (Phi) is 4.66. The number of piperidine rings is 1. The summed E-state index contributed by atoms with van der Waals surface area (Å²) in [5.74, 6) is 2.94. The third kappa shape index (κ3) is 2.46. The zero-order valence-electron chi connectivity index (χ0n) is 12.5. The molecular weight excluding hydrogens is 240 g/mol. The normalized spacial score (nSPS) is 47.2. The van der Waals surface area contributed by atoms with Gasteiger partial charge in [-0.05, 0) is 43.8 Å². The molecule has 2 aliphatic rings. The summed E-state index contributed by atoms with van der Waals surface area (Å²) < 4.78 is 0. The van der Waals surface area contributed by atoms with Crippen molar-refractivity contribution in [2.24, 2.45) is 17.6 Å². The second kappa shape index (κ2) is 5.72. The van der Waals surface area contributed by atoms with Crippen LogP contribution in [0.5, 0.6) is 0 Å². The van der Waals surface area contributed by atoms with Gasteiger partial charge in [-0.1, -0.05) is 20.8 Å². The third-order valence-corrected chi connectivity index (χ3v) is 6.86. The van der Waals surface area contributed by atoms with Crippen molar-refractivity contribution in [3.63, 3.8) is 0 Å². The third-order valence-electron chi connectivity index (χ3n) is 5.40. The molecule has 2 aliphatic heterocycles. The quantitative estimate of drug-likeness (QED) is 0.836. The Morgan fingerprint density at radius 1 is 1.28 bits per heavy atom. The predicted molar refractivity (Wildman–Crippen MR) is 82.1 cm³/mol. The minimum atomic E-state index is 0.255. The zero-order valence-corrected chi connectivity index (χ0v) is 13.3. The van der Waals surface area contributed by atoms with E-state index >= 15 is 0 Å². The van der Waals surface area contributed by atoms with Gasteiger partial charge in [0.25, 0.3) is 0 Å². The van der Waals surface area contributed by atoms with Crippen molar-refractivity contribution >= 4 is 11.8 Å². The molecule has 0 aliphatic carbocycles. The van der Waals surface area contributed by atoms with Crippen LogP contribution in [0.25, 0.3) is 0 Å². The summed E-state index contributed by atoms with van der Waals surface area (Å²) in [6.07, 6.45) is 4.00. The van der Waals surface area contributed by atoms with Gasteiger partial charge in [0.15, 0.2) is 0 Å². The molecule has 2 fully saturated rings. The van der Waals surface area contributed by atoms with E-state index in [0.29, 0.717) is 11.3 Å². The van der Waals surface area contributed by atoms with Crippen molar-refractivity contribution in [3.8, 4) is 0 Å². The Bertz CT molecular complexity index is 284. The van der Waals surface area contributed by atoms with Gasteiger partial charge in [-0.3, -0.25) is 4.90 Å². The van der Waals surface area contributed by atoms with E-state index in [1.54, 1.807) is 0 Å². The highest BCUT2D eigenvalue weighted by Crippen LogP contribution is 2.42. The average Bonchev–Trinajstić information content (AvgIpc) is 2.35. The summed E-state index contributed by atoms with van der Waals surface area (Å²) in [6, 6.07) is 0.686. The largest absolute Gasteiger partial charge is 0.329 e. The molecular formula is C15H30N2S. The van der Waals surface area contributed by atoms with Gasteiger partial charge in [0.05, 0.1) is 0 Å². The van der Waals surface area contributed by atoms with Gasteiger partial charge in [-0.2, -0.15) is 11.8 Å². The maximum Gasteiger partial charge on any atom is 0.0450 e. The molecule has 2 saturated heterocycles. The van der Waals surface area contributed by atoms with Crippen molar-refractivity contribution in [1.82, 2.24) is 4.90 Å². The molecule has 5 atom stereocenters. The summed E-state index contributed by atoms with van der Waals surface area (Å²) in [6.45, 7) is 11.7. The Labute approximate surface area is 117 Å². The molecule has 0 spiro atoms. The van der Waals surface area contributed by atoms with E-state index in [1.807, 2.05) is 0 Å². The van der Waals surface area contributed by atoms with Gasteiger partial charge >= 0.3 is 0 Å². The van der Waals surface area contributed by atoms with Gasteiger partial charge in [0.2, 0.25) is 0 Å². The number of likely N-dealkylation sites (tertiary alicyclic amines) is 1. The van der Waals surface area contributed by atoms with Gasteiger partial charge in [0.1, 0.15) is 0 Å². The van der Waals surface area contributed by atoms with Crippen LogP contribution in [0.4, 0.5) is 0 Å². The lowest BCUT2D eigenvalue weighted by Crippen LogP contribution is -2.66. The van der Waals surface area contributed by atoms with Crippen molar-refractivity contribution in [2.45, 2.75) is 63.8 Å². The Morgan fingerprint density at radius 3 is 2.61 bits per heavy atom. The van der Waals surface area contributed by atoms with Crippen LogP contribution in [0, 0.1) is 11.8 Å². The average molecular weight is 270 g/mol. The van der Waals surface area contributed by atoms with Gasteiger partial charge < -0.3 is 5.73 Å². The molecule has 2 rings (SSSR count). The van der Waals surface area contributed by atoms with Gasteiger partial charge in [-0.15, -0.1) is 0 Å².